The molecule has 0 aromatic carbocycles. The molecular formula is C13H19F3N4O. The van der Waals surface area contributed by atoms with Gasteiger partial charge < -0.3 is 15.8 Å². The summed E-state index contributed by atoms with van der Waals surface area (Å²) in [5, 5.41) is 2.89. The second-order valence-electron chi connectivity index (χ2n) is 4.90. The van der Waals surface area contributed by atoms with Crippen molar-refractivity contribution in [3.8, 4) is 0 Å². The zero-order chi connectivity index (χ0) is 15.3. The van der Waals surface area contributed by atoms with E-state index in [4.69, 9.17) is 10.5 Å². The number of aromatic nitrogens is 1. The Bertz CT molecular complexity index is 461. The highest BCUT2D eigenvalue weighted by molar-refractivity contribution is 5.47. The molecule has 0 aliphatic carbocycles. The second-order valence-corrected chi connectivity index (χ2v) is 4.90. The molecular weight excluding hydrogens is 285 g/mol. The lowest BCUT2D eigenvalue weighted by Gasteiger charge is -2.26. The molecule has 1 aliphatic heterocycles. The molecule has 0 atom stereocenters. The van der Waals surface area contributed by atoms with Crippen molar-refractivity contribution in [2.45, 2.75) is 12.6 Å². The van der Waals surface area contributed by atoms with Crippen molar-refractivity contribution in [2.75, 3.05) is 50.4 Å². The van der Waals surface area contributed by atoms with Crippen molar-refractivity contribution in [2.24, 2.45) is 0 Å². The van der Waals surface area contributed by atoms with E-state index in [9.17, 15) is 13.2 Å². The normalized spacial score (nSPS) is 16.9. The summed E-state index contributed by atoms with van der Waals surface area (Å²) in [6, 6.07) is 1.81. The fraction of sp³-hybridized carbons (Fsp3) is 0.615. The van der Waals surface area contributed by atoms with Crippen molar-refractivity contribution < 1.29 is 17.9 Å². The molecule has 118 valence electrons. The third-order valence-electron chi connectivity index (χ3n) is 3.23. The minimum atomic E-state index is -4.42. The van der Waals surface area contributed by atoms with Gasteiger partial charge >= 0.3 is 6.18 Å². The first-order valence-electron chi connectivity index (χ1n) is 6.84. The Morgan fingerprint density at radius 3 is 2.67 bits per heavy atom. The van der Waals surface area contributed by atoms with Crippen LogP contribution in [0.2, 0.25) is 0 Å². The predicted molar refractivity (Wildman–Crippen MR) is 74.0 cm³/mol. The Morgan fingerprint density at radius 1 is 1.29 bits per heavy atom. The average Bonchev–Trinajstić information content (AvgIpc) is 2.43. The Hall–Kier alpha value is -1.54. The Labute approximate surface area is 121 Å². The van der Waals surface area contributed by atoms with Crippen molar-refractivity contribution in [1.82, 2.24) is 9.88 Å². The molecule has 1 saturated heterocycles. The van der Waals surface area contributed by atoms with Crippen LogP contribution in [0.25, 0.3) is 0 Å². The third-order valence-corrected chi connectivity index (χ3v) is 3.23. The lowest BCUT2D eigenvalue weighted by molar-refractivity contribution is -0.137. The number of hydrogen-bond acceptors (Lipinski definition) is 5. The molecule has 0 spiro atoms. The van der Waals surface area contributed by atoms with E-state index in [0.29, 0.717) is 6.54 Å². The zero-order valence-electron chi connectivity index (χ0n) is 11.6. The highest BCUT2D eigenvalue weighted by Gasteiger charge is 2.31. The van der Waals surface area contributed by atoms with Crippen molar-refractivity contribution in [3.05, 3.63) is 17.7 Å². The molecule has 1 aliphatic rings. The summed E-state index contributed by atoms with van der Waals surface area (Å²) in [5.74, 6) is 0.0183. The van der Waals surface area contributed by atoms with Gasteiger partial charge in [-0.15, -0.1) is 0 Å². The first-order chi connectivity index (χ1) is 9.95. The van der Waals surface area contributed by atoms with Crippen molar-refractivity contribution >= 4 is 11.6 Å². The molecule has 0 amide bonds. The summed E-state index contributed by atoms with van der Waals surface area (Å²) in [6.45, 7) is 4.69. The monoisotopic (exact) mass is 304 g/mol. The maximum Gasteiger partial charge on any atom is 0.416 e. The van der Waals surface area contributed by atoms with E-state index >= 15 is 0 Å². The molecule has 0 saturated carbocycles. The SMILES string of the molecule is Nc1cc(C(F)(F)F)cc(NCCCN2CCOCC2)n1. The van der Waals surface area contributed by atoms with Gasteiger partial charge in [-0.2, -0.15) is 13.2 Å². The molecule has 1 aromatic heterocycles. The van der Waals surface area contributed by atoms with Gasteiger partial charge in [0, 0.05) is 19.6 Å². The lowest BCUT2D eigenvalue weighted by Crippen LogP contribution is -2.37. The van der Waals surface area contributed by atoms with Gasteiger partial charge in [0.1, 0.15) is 11.6 Å². The summed E-state index contributed by atoms with van der Waals surface area (Å²) in [6.07, 6.45) is -3.60. The van der Waals surface area contributed by atoms with E-state index in [1.54, 1.807) is 0 Å². The number of rotatable bonds is 5. The number of morpholine rings is 1. The van der Waals surface area contributed by atoms with Crippen LogP contribution in [0.4, 0.5) is 24.8 Å². The molecule has 21 heavy (non-hydrogen) atoms. The van der Waals surface area contributed by atoms with E-state index in [1.165, 1.54) is 0 Å². The van der Waals surface area contributed by atoms with Gasteiger partial charge in [-0.3, -0.25) is 4.90 Å². The Kier molecular flexibility index (Phi) is 5.24. The summed E-state index contributed by atoms with van der Waals surface area (Å²) >= 11 is 0. The second kappa shape index (κ2) is 6.95. The van der Waals surface area contributed by atoms with Crippen LogP contribution in [0.1, 0.15) is 12.0 Å². The number of nitrogens with two attached hydrogens (primary N) is 1. The summed E-state index contributed by atoms with van der Waals surface area (Å²) < 4.78 is 43.2. The minimum absolute atomic E-state index is 0.138. The number of nitrogen functional groups attached to an aromatic ring is 1. The number of nitrogens with one attached hydrogen (secondary N) is 1. The van der Waals surface area contributed by atoms with E-state index in [2.05, 4.69) is 15.2 Å². The molecule has 8 heteroatoms. The van der Waals surface area contributed by atoms with Crippen LogP contribution in [-0.4, -0.2) is 49.3 Å². The van der Waals surface area contributed by atoms with Gasteiger partial charge in [-0.1, -0.05) is 0 Å². The van der Waals surface area contributed by atoms with Gasteiger partial charge in [-0.25, -0.2) is 4.98 Å². The molecule has 2 heterocycles. The third kappa shape index (κ3) is 5.05. The number of ether oxygens (including phenoxy) is 1. The van der Waals surface area contributed by atoms with Gasteiger partial charge in [0.25, 0.3) is 0 Å². The maximum absolute atomic E-state index is 12.6. The predicted octanol–water partition coefficient (Wildman–Crippen LogP) is 1.82. The fourth-order valence-corrected chi connectivity index (χ4v) is 2.15. The maximum atomic E-state index is 12.6. The first kappa shape index (κ1) is 15.8. The number of pyridine rings is 1. The topological polar surface area (TPSA) is 63.4 Å². The molecule has 5 nitrogen and oxygen atoms in total. The highest BCUT2D eigenvalue weighted by Crippen LogP contribution is 2.31. The van der Waals surface area contributed by atoms with E-state index < -0.39 is 11.7 Å². The van der Waals surface area contributed by atoms with Crippen LogP contribution < -0.4 is 11.1 Å². The highest BCUT2D eigenvalue weighted by atomic mass is 19.4. The summed E-state index contributed by atoms with van der Waals surface area (Å²) in [7, 11) is 0. The largest absolute Gasteiger partial charge is 0.416 e. The van der Waals surface area contributed by atoms with E-state index in [0.717, 1.165) is 51.4 Å². The minimum Gasteiger partial charge on any atom is -0.384 e. The quantitative estimate of drug-likeness (QED) is 0.812. The van der Waals surface area contributed by atoms with Crippen LogP contribution in [0, 0.1) is 0 Å². The Morgan fingerprint density at radius 2 is 2.00 bits per heavy atom. The van der Waals surface area contributed by atoms with Crippen LogP contribution in [-0.2, 0) is 10.9 Å². The van der Waals surface area contributed by atoms with E-state index in [1.807, 2.05) is 0 Å². The van der Waals surface area contributed by atoms with Crippen molar-refractivity contribution in [3.63, 3.8) is 0 Å². The van der Waals surface area contributed by atoms with Gasteiger partial charge in [0.2, 0.25) is 0 Å². The smallest absolute Gasteiger partial charge is 0.384 e. The number of halogens is 3. The number of hydrogen-bond donors (Lipinski definition) is 2. The average molecular weight is 304 g/mol. The van der Waals surface area contributed by atoms with Gasteiger partial charge in [-0.05, 0) is 25.1 Å². The lowest BCUT2D eigenvalue weighted by atomic mass is 10.2. The van der Waals surface area contributed by atoms with Gasteiger partial charge in [0.05, 0.1) is 18.8 Å². The molecule has 0 bridgehead atoms. The zero-order valence-corrected chi connectivity index (χ0v) is 11.6. The number of anilines is 2. The molecule has 0 radical (unpaired) electrons. The van der Waals surface area contributed by atoms with Crippen LogP contribution >= 0.6 is 0 Å². The molecule has 1 fully saturated rings. The first-order valence-corrected chi connectivity index (χ1v) is 6.84. The van der Waals surface area contributed by atoms with Crippen molar-refractivity contribution in [1.29, 1.82) is 0 Å². The Balaban J connectivity index is 1.81. The van der Waals surface area contributed by atoms with Crippen LogP contribution in [0.15, 0.2) is 12.1 Å². The molecule has 3 N–H and O–H groups in total. The molecule has 2 rings (SSSR count). The van der Waals surface area contributed by atoms with Crippen LogP contribution in [0.5, 0.6) is 0 Å². The molecule has 1 aromatic rings. The standard InChI is InChI=1S/C13H19F3N4O/c14-13(15,16)10-8-11(17)19-12(9-10)18-2-1-3-20-4-6-21-7-5-20/h8-9H,1-7H2,(H3,17,18,19). The number of nitrogens with zero attached hydrogens (tertiary/aromatic N) is 2. The van der Waals surface area contributed by atoms with Gasteiger partial charge in [0.15, 0.2) is 0 Å². The van der Waals surface area contributed by atoms with E-state index in [-0.39, 0.29) is 11.6 Å². The summed E-state index contributed by atoms with van der Waals surface area (Å²) in [5.41, 5.74) is 4.62. The number of alkyl halides is 3. The van der Waals surface area contributed by atoms with Crippen LogP contribution in [0.3, 0.4) is 0 Å². The summed E-state index contributed by atoms with van der Waals surface area (Å²) in [4.78, 5) is 6.13. The molecule has 0 unspecified atom stereocenters. The fourth-order valence-electron chi connectivity index (χ4n) is 2.15.